The molecule has 0 radical (unpaired) electrons. The molecule has 0 aliphatic heterocycles. The highest BCUT2D eigenvalue weighted by molar-refractivity contribution is 5.77. The molecule has 0 aliphatic rings. The van der Waals surface area contributed by atoms with Crippen molar-refractivity contribution >= 4 is 29.2 Å². The van der Waals surface area contributed by atoms with Crippen molar-refractivity contribution in [2.75, 3.05) is 38.4 Å². The van der Waals surface area contributed by atoms with E-state index in [1.165, 1.54) is 18.1 Å². The lowest BCUT2D eigenvalue weighted by molar-refractivity contribution is -0.274. The Morgan fingerprint density at radius 2 is 1.02 bits per heavy atom. The summed E-state index contributed by atoms with van der Waals surface area (Å²) in [5, 5.41) is 0. The largest absolute Gasteiger partial charge is 0.513 e. The van der Waals surface area contributed by atoms with Gasteiger partial charge in [-0.05, 0) is 98.1 Å². The number of anilines is 3. The number of hydrogen-bond donors (Lipinski definition) is 0. The minimum atomic E-state index is -0.845. The van der Waals surface area contributed by atoms with Gasteiger partial charge in [0.1, 0.15) is 24.7 Å². The smallest absolute Gasteiger partial charge is 0.497 e. The molecule has 5 rings (SSSR count). The van der Waals surface area contributed by atoms with Crippen LogP contribution in [0.5, 0.6) is 11.5 Å². The molecule has 0 saturated heterocycles. The quantitative estimate of drug-likeness (QED) is 0.0266. The number of nitrogens with zero attached hydrogens (tertiary/aromatic N) is 1. The molecule has 0 saturated carbocycles. The van der Waals surface area contributed by atoms with Gasteiger partial charge in [0, 0.05) is 29.4 Å². The summed E-state index contributed by atoms with van der Waals surface area (Å²) in [7, 11) is 1.65. The molecular formula is C42H43NO8. The molecule has 0 aliphatic carbocycles. The van der Waals surface area contributed by atoms with Gasteiger partial charge in [-0.1, -0.05) is 71.8 Å². The van der Waals surface area contributed by atoms with Crippen LogP contribution >= 0.6 is 0 Å². The van der Waals surface area contributed by atoms with E-state index in [1.807, 2.05) is 24.3 Å². The van der Waals surface area contributed by atoms with Crippen LogP contribution in [-0.2, 0) is 29.5 Å². The number of hydrogen-bond acceptors (Lipinski definition) is 9. The van der Waals surface area contributed by atoms with Crippen molar-refractivity contribution in [1.82, 2.24) is 0 Å². The molecule has 0 heterocycles. The average molecular weight is 690 g/mol. The highest BCUT2D eigenvalue weighted by Crippen LogP contribution is 2.42. The first-order valence-electron chi connectivity index (χ1n) is 16.7. The molecule has 0 N–H and O–H groups in total. The predicted molar refractivity (Wildman–Crippen MR) is 196 cm³/mol. The summed E-state index contributed by atoms with van der Waals surface area (Å²) in [6.07, 6.45) is -0.845. The van der Waals surface area contributed by atoms with E-state index in [-0.39, 0.29) is 26.4 Å². The SMILES string of the molecule is COc1ccc(C(C)(c2ccc(OC(=O)OCCOCCOOC(C)=O)cc2)c2ccc(N(c3ccc(C)cc3)c3ccc(C)cc3)cc2)cc1. The van der Waals surface area contributed by atoms with Crippen molar-refractivity contribution in [2.24, 2.45) is 0 Å². The van der Waals surface area contributed by atoms with E-state index in [9.17, 15) is 9.59 Å². The van der Waals surface area contributed by atoms with Gasteiger partial charge in [-0.2, -0.15) is 4.89 Å². The summed E-state index contributed by atoms with van der Waals surface area (Å²) in [5.74, 6) is 0.568. The van der Waals surface area contributed by atoms with Crippen molar-refractivity contribution in [3.63, 3.8) is 0 Å². The van der Waals surface area contributed by atoms with E-state index in [2.05, 4.69) is 120 Å². The van der Waals surface area contributed by atoms with E-state index >= 15 is 0 Å². The van der Waals surface area contributed by atoms with Crippen LogP contribution in [0, 0.1) is 13.8 Å². The molecule has 9 heteroatoms. The molecule has 0 spiro atoms. The number of methoxy groups -OCH3 is 1. The van der Waals surface area contributed by atoms with Gasteiger partial charge >= 0.3 is 12.1 Å². The van der Waals surface area contributed by atoms with E-state index in [1.54, 1.807) is 19.2 Å². The fourth-order valence-electron chi connectivity index (χ4n) is 5.69. The molecule has 264 valence electrons. The second kappa shape index (κ2) is 17.3. The van der Waals surface area contributed by atoms with Crippen molar-refractivity contribution in [2.45, 2.75) is 33.1 Å². The Morgan fingerprint density at radius 1 is 0.588 bits per heavy atom. The molecular weight excluding hydrogens is 646 g/mol. The van der Waals surface area contributed by atoms with Gasteiger partial charge in [-0.3, -0.25) is 4.89 Å². The van der Waals surface area contributed by atoms with Gasteiger partial charge in [0.25, 0.3) is 0 Å². The van der Waals surface area contributed by atoms with E-state index < -0.39 is 17.5 Å². The maximum absolute atomic E-state index is 12.3. The van der Waals surface area contributed by atoms with E-state index in [4.69, 9.17) is 18.9 Å². The Balaban J connectivity index is 1.36. The van der Waals surface area contributed by atoms with Crippen molar-refractivity contribution in [3.05, 3.63) is 149 Å². The molecule has 5 aromatic rings. The molecule has 0 fully saturated rings. The third-order valence-corrected chi connectivity index (χ3v) is 8.52. The fourth-order valence-corrected chi connectivity index (χ4v) is 5.69. The van der Waals surface area contributed by atoms with Crippen LogP contribution in [0.15, 0.2) is 121 Å². The van der Waals surface area contributed by atoms with E-state index in [0.29, 0.717) is 5.75 Å². The van der Waals surface area contributed by atoms with Crippen LogP contribution in [0.25, 0.3) is 0 Å². The Labute approximate surface area is 299 Å². The van der Waals surface area contributed by atoms with Gasteiger partial charge in [0.2, 0.25) is 0 Å². The lowest BCUT2D eigenvalue weighted by atomic mass is 9.71. The van der Waals surface area contributed by atoms with Crippen LogP contribution in [0.4, 0.5) is 21.9 Å². The standard InChI is InChI=1S/C42H43NO8/c1-30-6-16-36(17-7-30)43(37-18-8-31(2)9-19-37)38-20-10-33(11-21-38)42(4,34-12-22-39(46-5)23-13-34)35-14-24-40(25-15-35)50-41(45)48-28-26-47-27-29-49-51-32(3)44/h6-25H,26-29H2,1-5H3. The molecule has 1 unspecified atom stereocenters. The third-order valence-electron chi connectivity index (χ3n) is 8.52. The first-order chi connectivity index (χ1) is 24.7. The van der Waals surface area contributed by atoms with E-state index in [0.717, 1.165) is 39.5 Å². The minimum Gasteiger partial charge on any atom is -0.497 e. The summed E-state index contributed by atoms with van der Waals surface area (Å²) in [5.41, 5.74) is 8.16. The fraction of sp³-hybridized carbons (Fsp3) is 0.238. The molecule has 51 heavy (non-hydrogen) atoms. The maximum Gasteiger partial charge on any atom is 0.513 e. The van der Waals surface area contributed by atoms with Gasteiger partial charge < -0.3 is 23.8 Å². The van der Waals surface area contributed by atoms with Gasteiger partial charge in [-0.25, -0.2) is 9.59 Å². The molecule has 5 aromatic carbocycles. The lowest BCUT2D eigenvalue weighted by Crippen LogP contribution is -2.25. The molecule has 0 amide bonds. The number of carbonyl (C=O) groups is 2. The van der Waals surface area contributed by atoms with Gasteiger partial charge in [-0.15, -0.1) is 0 Å². The van der Waals surface area contributed by atoms with Crippen LogP contribution < -0.4 is 14.4 Å². The highest BCUT2D eigenvalue weighted by Gasteiger charge is 2.32. The number of carbonyl (C=O) groups excluding carboxylic acids is 2. The third kappa shape index (κ3) is 9.54. The maximum atomic E-state index is 12.3. The second-order valence-corrected chi connectivity index (χ2v) is 12.1. The number of ether oxygens (including phenoxy) is 4. The number of rotatable bonds is 15. The normalized spacial score (nSPS) is 12.0. The Morgan fingerprint density at radius 3 is 1.49 bits per heavy atom. The van der Waals surface area contributed by atoms with Crippen molar-refractivity contribution < 1.29 is 38.3 Å². The van der Waals surface area contributed by atoms with Crippen LogP contribution in [0.3, 0.4) is 0 Å². The Hall–Kier alpha value is -5.64. The highest BCUT2D eigenvalue weighted by atomic mass is 17.2. The Bertz CT molecular complexity index is 1810. The lowest BCUT2D eigenvalue weighted by Gasteiger charge is -2.33. The molecule has 0 bridgehead atoms. The number of aryl methyl sites for hydroxylation is 2. The second-order valence-electron chi connectivity index (χ2n) is 12.1. The summed E-state index contributed by atoms with van der Waals surface area (Å²) >= 11 is 0. The van der Waals surface area contributed by atoms with Crippen LogP contribution in [0.2, 0.25) is 0 Å². The topological polar surface area (TPSA) is 92.8 Å². The molecule has 1 atom stereocenters. The Kier molecular flexibility index (Phi) is 12.5. The number of benzene rings is 5. The minimum absolute atomic E-state index is 0.0126. The first kappa shape index (κ1) is 36.6. The van der Waals surface area contributed by atoms with Crippen LogP contribution in [0.1, 0.15) is 41.7 Å². The van der Waals surface area contributed by atoms with Gasteiger partial charge in [0.05, 0.1) is 20.3 Å². The summed E-state index contributed by atoms with van der Waals surface area (Å²) in [6, 6.07) is 41.2. The molecule has 9 nitrogen and oxygen atoms in total. The summed E-state index contributed by atoms with van der Waals surface area (Å²) < 4.78 is 21.3. The van der Waals surface area contributed by atoms with Gasteiger partial charge in [0.15, 0.2) is 0 Å². The predicted octanol–water partition coefficient (Wildman–Crippen LogP) is 9.16. The molecule has 0 aromatic heterocycles. The zero-order chi connectivity index (χ0) is 36.2. The van der Waals surface area contributed by atoms with Crippen molar-refractivity contribution in [1.29, 1.82) is 0 Å². The summed E-state index contributed by atoms with van der Waals surface area (Å²) in [4.78, 5) is 34.3. The van der Waals surface area contributed by atoms with Crippen LogP contribution in [-0.4, -0.2) is 45.7 Å². The zero-order valence-electron chi connectivity index (χ0n) is 29.6. The van der Waals surface area contributed by atoms with Crippen molar-refractivity contribution in [3.8, 4) is 11.5 Å². The zero-order valence-corrected chi connectivity index (χ0v) is 29.6. The first-order valence-corrected chi connectivity index (χ1v) is 16.7. The summed E-state index contributed by atoms with van der Waals surface area (Å²) in [6.45, 7) is 7.95. The average Bonchev–Trinajstić information content (AvgIpc) is 3.14. The monoisotopic (exact) mass is 689 g/mol.